The molecule has 0 radical (unpaired) electrons. The van der Waals surface area contributed by atoms with E-state index in [-0.39, 0.29) is 5.41 Å². The Morgan fingerprint density at radius 3 is 2.16 bits per heavy atom. The molecule has 0 aliphatic heterocycles. The third-order valence-electron chi connectivity index (χ3n) is 3.92. The molecule has 0 amide bonds. The Kier molecular flexibility index (Phi) is 5.58. The lowest BCUT2D eigenvalue weighted by atomic mass is 9.81. The molecule has 0 aromatic carbocycles. The van der Waals surface area contributed by atoms with Crippen LogP contribution in [0.1, 0.15) is 47.1 Å². The lowest BCUT2D eigenvalue weighted by Gasteiger charge is -2.30. The second-order valence-electron chi connectivity index (χ2n) is 5.93. The summed E-state index contributed by atoms with van der Waals surface area (Å²) in [5.41, 5.74) is 1.41. The van der Waals surface area contributed by atoms with Crippen LogP contribution < -0.4 is 10.6 Å². The first-order valence-corrected chi connectivity index (χ1v) is 7.24. The average molecular weight is 264 g/mol. The van der Waals surface area contributed by atoms with Crippen molar-refractivity contribution in [3.8, 4) is 0 Å². The van der Waals surface area contributed by atoms with Gasteiger partial charge in [0.1, 0.15) is 18.0 Å². The van der Waals surface area contributed by atoms with Gasteiger partial charge in [-0.15, -0.1) is 0 Å². The molecule has 0 bridgehead atoms. The summed E-state index contributed by atoms with van der Waals surface area (Å²) in [5, 5.41) is 6.79. The molecule has 4 nitrogen and oxygen atoms in total. The Labute approximate surface area is 117 Å². The third kappa shape index (κ3) is 4.08. The van der Waals surface area contributed by atoms with Crippen molar-refractivity contribution < 1.29 is 0 Å². The first kappa shape index (κ1) is 15.7. The Morgan fingerprint density at radius 2 is 1.68 bits per heavy atom. The molecule has 0 fully saturated rings. The largest absolute Gasteiger partial charge is 0.370 e. The van der Waals surface area contributed by atoms with E-state index < -0.39 is 0 Å². The number of nitrogens with one attached hydrogen (secondary N) is 2. The minimum atomic E-state index is 0.244. The van der Waals surface area contributed by atoms with E-state index in [4.69, 9.17) is 0 Å². The number of anilines is 2. The van der Waals surface area contributed by atoms with E-state index in [0.717, 1.165) is 31.1 Å². The number of nitrogens with zero attached hydrogens (tertiary/aromatic N) is 2. The average Bonchev–Trinajstić information content (AvgIpc) is 2.36. The van der Waals surface area contributed by atoms with Gasteiger partial charge in [0, 0.05) is 18.7 Å². The van der Waals surface area contributed by atoms with Gasteiger partial charge in [-0.05, 0) is 24.7 Å². The first-order valence-electron chi connectivity index (χ1n) is 7.24. The molecule has 0 aliphatic rings. The summed E-state index contributed by atoms with van der Waals surface area (Å²) in [5.74, 6) is 2.53. The number of hydrogen-bond acceptors (Lipinski definition) is 4. The summed E-state index contributed by atoms with van der Waals surface area (Å²) < 4.78 is 0. The van der Waals surface area contributed by atoms with Crippen molar-refractivity contribution in [2.45, 2.75) is 48.0 Å². The number of rotatable bonds is 7. The normalized spacial score (nSPS) is 11.7. The van der Waals surface area contributed by atoms with E-state index in [2.05, 4.69) is 62.1 Å². The summed E-state index contributed by atoms with van der Waals surface area (Å²) in [7, 11) is 0. The van der Waals surface area contributed by atoms with Crippen LogP contribution in [0.2, 0.25) is 0 Å². The minimum Gasteiger partial charge on any atom is -0.370 e. The zero-order chi connectivity index (χ0) is 14.5. The van der Waals surface area contributed by atoms with E-state index in [1.807, 2.05) is 0 Å². The molecule has 0 atom stereocenters. The van der Waals surface area contributed by atoms with Crippen LogP contribution in [0.25, 0.3) is 0 Å². The lowest BCUT2D eigenvalue weighted by Crippen LogP contribution is -2.29. The van der Waals surface area contributed by atoms with Crippen LogP contribution in [0.5, 0.6) is 0 Å². The molecule has 1 heterocycles. The highest BCUT2D eigenvalue weighted by molar-refractivity contribution is 5.57. The summed E-state index contributed by atoms with van der Waals surface area (Å²) in [4.78, 5) is 8.71. The number of hydrogen-bond donors (Lipinski definition) is 2. The summed E-state index contributed by atoms with van der Waals surface area (Å²) >= 11 is 0. The van der Waals surface area contributed by atoms with Crippen molar-refractivity contribution in [1.29, 1.82) is 0 Å². The van der Waals surface area contributed by atoms with Gasteiger partial charge in [0.15, 0.2) is 0 Å². The van der Waals surface area contributed by atoms with E-state index in [1.165, 1.54) is 5.56 Å². The highest BCUT2D eigenvalue weighted by atomic mass is 15.1. The van der Waals surface area contributed by atoms with Gasteiger partial charge >= 0.3 is 0 Å². The Balaban J connectivity index is 2.86. The van der Waals surface area contributed by atoms with Gasteiger partial charge in [-0.1, -0.05) is 34.6 Å². The zero-order valence-corrected chi connectivity index (χ0v) is 13.2. The molecule has 0 unspecified atom stereocenters. The van der Waals surface area contributed by atoms with Crippen molar-refractivity contribution >= 4 is 11.6 Å². The molecule has 2 N–H and O–H groups in total. The van der Waals surface area contributed by atoms with Crippen LogP contribution in [-0.4, -0.2) is 23.1 Å². The van der Waals surface area contributed by atoms with Crippen LogP contribution in [0.15, 0.2) is 6.33 Å². The van der Waals surface area contributed by atoms with Crippen LogP contribution in [0.4, 0.5) is 11.6 Å². The third-order valence-corrected chi connectivity index (χ3v) is 3.92. The summed E-state index contributed by atoms with van der Waals surface area (Å²) in [6.45, 7) is 15.1. The fourth-order valence-corrected chi connectivity index (χ4v) is 1.73. The second-order valence-corrected chi connectivity index (χ2v) is 5.93. The highest BCUT2D eigenvalue weighted by Crippen LogP contribution is 2.27. The molecular weight excluding hydrogens is 236 g/mol. The molecule has 0 aliphatic carbocycles. The maximum Gasteiger partial charge on any atom is 0.134 e. The van der Waals surface area contributed by atoms with Crippen LogP contribution in [0, 0.1) is 11.3 Å². The molecular formula is C15H28N4. The van der Waals surface area contributed by atoms with E-state index in [0.29, 0.717) is 5.92 Å². The van der Waals surface area contributed by atoms with Crippen molar-refractivity contribution in [1.82, 2.24) is 9.97 Å². The molecule has 108 valence electrons. The van der Waals surface area contributed by atoms with Gasteiger partial charge in [-0.2, -0.15) is 0 Å². The van der Waals surface area contributed by atoms with Gasteiger partial charge in [-0.3, -0.25) is 0 Å². The van der Waals surface area contributed by atoms with Crippen LogP contribution in [0.3, 0.4) is 0 Å². The molecule has 0 saturated heterocycles. The molecule has 1 aromatic heterocycles. The maximum absolute atomic E-state index is 4.39. The fraction of sp³-hybridized carbons (Fsp3) is 0.733. The van der Waals surface area contributed by atoms with Crippen molar-refractivity contribution in [2.75, 3.05) is 23.7 Å². The molecule has 4 heteroatoms. The van der Waals surface area contributed by atoms with Crippen molar-refractivity contribution in [3.05, 3.63) is 11.9 Å². The second kappa shape index (κ2) is 6.73. The van der Waals surface area contributed by atoms with E-state index >= 15 is 0 Å². The van der Waals surface area contributed by atoms with Crippen molar-refractivity contribution in [2.24, 2.45) is 11.3 Å². The summed E-state index contributed by atoms with van der Waals surface area (Å²) in [6.07, 6.45) is 2.55. The zero-order valence-electron chi connectivity index (χ0n) is 13.2. The summed E-state index contributed by atoms with van der Waals surface area (Å²) in [6, 6.07) is 0. The van der Waals surface area contributed by atoms with Gasteiger partial charge in [0.25, 0.3) is 0 Å². The Hall–Kier alpha value is -1.32. The SMILES string of the molecule is CCNc1ncnc(NCC(C)(C)C(C)C)c1CC. The molecule has 1 aromatic rings. The molecule has 0 spiro atoms. The Bertz CT molecular complexity index is 399. The first-order chi connectivity index (χ1) is 8.92. The molecule has 0 saturated carbocycles. The smallest absolute Gasteiger partial charge is 0.134 e. The van der Waals surface area contributed by atoms with Crippen LogP contribution in [-0.2, 0) is 6.42 Å². The quantitative estimate of drug-likeness (QED) is 0.790. The monoisotopic (exact) mass is 264 g/mol. The van der Waals surface area contributed by atoms with E-state index in [1.54, 1.807) is 6.33 Å². The standard InChI is InChI=1S/C15H28N4/c1-7-12-13(16-8-2)18-10-19-14(12)17-9-15(5,6)11(3)4/h10-11H,7-9H2,1-6H3,(H2,16,17,18,19). The minimum absolute atomic E-state index is 0.244. The lowest BCUT2D eigenvalue weighted by molar-refractivity contribution is 0.269. The fourth-order valence-electron chi connectivity index (χ4n) is 1.73. The van der Waals surface area contributed by atoms with Crippen LogP contribution >= 0.6 is 0 Å². The van der Waals surface area contributed by atoms with Gasteiger partial charge < -0.3 is 10.6 Å². The van der Waals surface area contributed by atoms with Crippen molar-refractivity contribution in [3.63, 3.8) is 0 Å². The van der Waals surface area contributed by atoms with Gasteiger partial charge in [0.05, 0.1) is 0 Å². The predicted molar refractivity (Wildman–Crippen MR) is 82.7 cm³/mol. The topological polar surface area (TPSA) is 49.8 Å². The molecule has 1 rings (SSSR count). The number of aromatic nitrogens is 2. The van der Waals surface area contributed by atoms with E-state index in [9.17, 15) is 0 Å². The predicted octanol–water partition coefficient (Wildman–Crippen LogP) is 3.56. The molecule has 19 heavy (non-hydrogen) atoms. The highest BCUT2D eigenvalue weighted by Gasteiger charge is 2.22. The van der Waals surface area contributed by atoms with Gasteiger partial charge in [0.2, 0.25) is 0 Å². The van der Waals surface area contributed by atoms with Gasteiger partial charge in [-0.25, -0.2) is 9.97 Å². The Morgan fingerprint density at radius 1 is 1.11 bits per heavy atom. The maximum atomic E-state index is 4.39.